The van der Waals surface area contributed by atoms with Crippen molar-refractivity contribution in [3.63, 3.8) is 0 Å². The van der Waals surface area contributed by atoms with Gasteiger partial charge >= 0.3 is 0 Å². The van der Waals surface area contributed by atoms with Gasteiger partial charge in [-0.2, -0.15) is 0 Å². The number of hydrogen-bond donors (Lipinski definition) is 0. The predicted octanol–water partition coefficient (Wildman–Crippen LogP) is 2.48. The molecule has 0 radical (unpaired) electrons. The minimum atomic E-state index is -0.484. The first kappa shape index (κ1) is 9.33. The molecule has 0 aliphatic rings. The molecule has 1 aromatic carbocycles. The van der Waals surface area contributed by atoms with Crippen LogP contribution >= 0.6 is 0 Å². The lowest BCUT2D eigenvalue weighted by Gasteiger charge is -1.96. The summed E-state index contributed by atoms with van der Waals surface area (Å²) in [6, 6.07) is 9.33. The average Bonchev–Trinajstić information content (AvgIpc) is 2.26. The summed E-state index contributed by atoms with van der Waals surface area (Å²) in [6.07, 6.45) is 4.07. The van der Waals surface area contributed by atoms with Crippen LogP contribution in [0.25, 0.3) is 17.0 Å². The molecular weight excluding hydrogens is 192 g/mol. The van der Waals surface area contributed by atoms with Gasteiger partial charge in [0.05, 0.1) is 10.4 Å². The summed E-state index contributed by atoms with van der Waals surface area (Å²) in [4.78, 5) is 13.8. The van der Waals surface area contributed by atoms with Crippen molar-refractivity contribution in [3.8, 4) is 0 Å². The van der Waals surface area contributed by atoms with E-state index in [1.807, 2.05) is 30.3 Å². The molecule has 0 atom stereocenters. The van der Waals surface area contributed by atoms with E-state index in [2.05, 4.69) is 4.98 Å². The summed E-state index contributed by atoms with van der Waals surface area (Å²) < 4.78 is 0. The monoisotopic (exact) mass is 200 g/mol. The molecule has 4 heteroatoms. The lowest BCUT2D eigenvalue weighted by molar-refractivity contribution is -0.400. The van der Waals surface area contributed by atoms with E-state index in [4.69, 9.17) is 0 Å². The van der Waals surface area contributed by atoms with Crippen LogP contribution in [-0.4, -0.2) is 9.91 Å². The Morgan fingerprint density at radius 2 is 2.20 bits per heavy atom. The number of rotatable bonds is 2. The van der Waals surface area contributed by atoms with Gasteiger partial charge in [0.1, 0.15) is 0 Å². The highest BCUT2D eigenvalue weighted by atomic mass is 16.6. The van der Waals surface area contributed by atoms with Crippen LogP contribution < -0.4 is 0 Å². The van der Waals surface area contributed by atoms with Gasteiger partial charge in [0.25, 0.3) is 0 Å². The van der Waals surface area contributed by atoms with Gasteiger partial charge < -0.3 is 0 Å². The summed E-state index contributed by atoms with van der Waals surface area (Å²) in [7, 11) is 0. The van der Waals surface area contributed by atoms with E-state index in [1.165, 1.54) is 6.08 Å². The van der Waals surface area contributed by atoms with Crippen LogP contribution in [0.5, 0.6) is 0 Å². The standard InChI is InChI=1S/C11H8N2O2/c14-13(15)7-5-9-3-4-10-2-1-6-12-11(10)8-9/h1-8H/b7-5+. The molecular formula is C11H8N2O2. The SMILES string of the molecule is O=[N+]([O-])/C=C/c1ccc2cccnc2c1. The first-order valence-corrected chi connectivity index (χ1v) is 4.42. The Labute approximate surface area is 86.0 Å². The van der Waals surface area contributed by atoms with Crippen LogP contribution in [0.15, 0.2) is 42.7 Å². The topological polar surface area (TPSA) is 56.0 Å². The molecule has 74 valence electrons. The van der Waals surface area contributed by atoms with Crippen LogP contribution in [0.4, 0.5) is 0 Å². The Bertz CT molecular complexity index is 535. The van der Waals surface area contributed by atoms with E-state index in [-0.39, 0.29) is 0 Å². The van der Waals surface area contributed by atoms with Crippen molar-refractivity contribution >= 4 is 17.0 Å². The highest BCUT2D eigenvalue weighted by Crippen LogP contribution is 2.13. The van der Waals surface area contributed by atoms with E-state index >= 15 is 0 Å². The molecule has 15 heavy (non-hydrogen) atoms. The molecule has 0 N–H and O–H groups in total. The van der Waals surface area contributed by atoms with Crippen molar-refractivity contribution in [2.75, 3.05) is 0 Å². The minimum Gasteiger partial charge on any atom is -0.259 e. The molecule has 2 aromatic rings. The van der Waals surface area contributed by atoms with E-state index in [9.17, 15) is 10.1 Å². The molecule has 0 unspecified atom stereocenters. The van der Waals surface area contributed by atoms with Crippen molar-refractivity contribution in [2.24, 2.45) is 0 Å². The molecule has 0 amide bonds. The Kier molecular flexibility index (Phi) is 2.41. The third-order valence-electron chi connectivity index (χ3n) is 2.02. The van der Waals surface area contributed by atoms with Crippen LogP contribution in [0.1, 0.15) is 5.56 Å². The molecule has 0 aliphatic carbocycles. The molecule has 4 nitrogen and oxygen atoms in total. The number of hydrogen-bond acceptors (Lipinski definition) is 3. The number of benzene rings is 1. The van der Waals surface area contributed by atoms with Crippen LogP contribution in [-0.2, 0) is 0 Å². The molecule has 0 saturated heterocycles. The molecule has 1 heterocycles. The van der Waals surface area contributed by atoms with E-state index in [1.54, 1.807) is 6.20 Å². The second-order valence-corrected chi connectivity index (χ2v) is 3.06. The van der Waals surface area contributed by atoms with Crippen LogP contribution in [0, 0.1) is 10.1 Å². The van der Waals surface area contributed by atoms with E-state index in [0.717, 1.165) is 22.7 Å². The fourth-order valence-electron chi connectivity index (χ4n) is 1.33. The summed E-state index contributed by atoms with van der Waals surface area (Å²) in [5.74, 6) is 0. The summed E-state index contributed by atoms with van der Waals surface area (Å²) in [6.45, 7) is 0. The first-order valence-electron chi connectivity index (χ1n) is 4.42. The zero-order valence-electron chi connectivity index (χ0n) is 7.83. The zero-order chi connectivity index (χ0) is 10.7. The number of fused-ring (bicyclic) bond motifs is 1. The second kappa shape index (κ2) is 3.88. The number of aromatic nitrogens is 1. The Morgan fingerprint density at radius 3 is 3.00 bits per heavy atom. The maximum Gasteiger partial charge on any atom is 0.235 e. The normalized spacial score (nSPS) is 10.9. The van der Waals surface area contributed by atoms with E-state index < -0.39 is 4.92 Å². The average molecular weight is 200 g/mol. The largest absolute Gasteiger partial charge is 0.259 e. The number of pyridine rings is 1. The molecule has 0 aliphatic heterocycles. The second-order valence-electron chi connectivity index (χ2n) is 3.06. The smallest absolute Gasteiger partial charge is 0.235 e. The molecule has 0 bridgehead atoms. The highest BCUT2D eigenvalue weighted by molar-refractivity contribution is 5.80. The molecule has 0 fully saturated rings. The lowest BCUT2D eigenvalue weighted by atomic mass is 10.1. The van der Waals surface area contributed by atoms with Gasteiger partial charge in [0, 0.05) is 17.7 Å². The van der Waals surface area contributed by atoms with Gasteiger partial charge in [0.2, 0.25) is 6.20 Å². The Morgan fingerprint density at radius 1 is 1.33 bits per heavy atom. The third kappa shape index (κ3) is 2.17. The number of nitrogens with zero attached hydrogens (tertiary/aromatic N) is 2. The summed E-state index contributed by atoms with van der Waals surface area (Å²) >= 11 is 0. The maximum atomic E-state index is 10.1. The summed E-state index contributed by atoms with van der Waals surface area (Å²) in [5.41, 5.74) is 1.61. The van der Waals surface area contributed by atoms with Gasteiger partial charge in [-0.25, -0.2) is 0 Å². The van der Waals surface area contributed by atoms with Crippen molar-refractivity contribution in [2.45, 2.75) is 0 Å². The zero-order valence-corrected chi connectivity index (χ0v) is 7.83. The number of nitro groups is 1. The van der Waals surface area contributed by atoms with E-state index in [0.29, 0.717) is 0 Å². The Hall–Kier alpha value is -2.23. The van der Waals surface area contributed by atoms with Crippen molar-refractivity contribution in [3.05, 3.63) is 58.4 Å². The molecule has 0 spiro atoms. The molecule has 2 rings (SSSR count). The maximum absolute atomic E-state index is 10.1. The lowest BCUT2D eigenvalue weighted by Crippen LogP contribution is -1.83. The minimum absolute atomic E-state index is 0.484. The van der Waals surface area contributed by atoms with Crippen molar-refractivity contribution < 1.29 is 4.92 Å². The van der Waals surface area contributed by atoms with Gasteiger partial charge in [-0.15, -0.1) is 0 Å². The first-order chi connectivity index (χ1) is 7.25. The predicted molar refractivity (Wildman–Crippen MR) is 57.8 cm³/mol. The van der Waals surface area contributed by atoms with Crippen molar-refractivity contribution in [1.82, 2.24) is 4.98 Å². The highest BCUT2D eigenvalue weighted by Gasteiger charge is 1.95. The van der Waals surface area contributed by atoms with Crippen molar-refractivity contribution in [1.29, 1.82) is 0 Å². The van der Waals surface area contributed by atoms with Crippen LogP contribution in [0.2, 0.25) is 0 Å². The van der Waals surface area contributed by atoms with Gasteiger partial charge in [-0.1, -0.05) is 18.2 Å². The van der Waals surface area contributed by atoms with Crippen LogP contribution in [0.3, 0.4) is 0 Å². The summed E-state index contributed by atoms with van der Waals surface area (Å²) in [5, 5.41) is 11.2. The molecule has 1 aromatic heterocycles. The van der Waals surface area contributed by atoms with Gasteiger partial charge in [-0.3, -0.25) is 15.1 Å². The van der Waals surface area contributed by atoms with Gasteiger partial charge in [-0.05, 0) is 17.7 Å². The molecule has 0 saturated carbocycles. The fourth-order valence-corrected chi connectivity index (χ4v) is 1.33. The Balaban J connectivity index is 2.43. The fraction of sp³-hybridized carbons (Fsp3) is 0. The van der Waals surface area contributed by atoms with Gasteiger partial charge in [0.15, 0.2) is 0 Å². The third-order valence-corrected chi connectivity index (χ3v) is 2.02. The quantitative estimate of drug-likeness (QED) is 0.552.